The normalized spacial score (nSPS) is 22.0. The van der Waals surface area contributed by atoms with E-state index in [1.165, 1.54) is 0 Å². The van der Waals surface area contributed by atoms with E-state index < -0.39 is 12.0 Å². The number of carbonyl (C=O) groups excluding carboxylic acids is 1. The fourth-order valence-electron chi connectivity index (χ4n) is 2.44. The molecule has 0 aromatic heterocycles. The van der Waals surface area contributed by atoms with Crippen LogP contribution in [0.5, 0.6) is 0 Å². The summed E-state index contributed by atoms with van der Waals surface area (Å²) in [5.74, 6) is -3.15. The third-order valence-corrected chi connectivity index (χ3v) is 3.45. The minimum atomic E-state index is -2.61. The number of amides is 1. The van der Waals surface area contributed by atoms with E-state index in [4.69, 9.17) is 0 Å². The van der Waals surface area contributed by atoms with Crippen LogP contribution in [0.1, 0.15) is 52.9 Å². The summed E-state index contributed by atoms with van der Waals surface area (Å²) in [4.78, 5) is 11.8. The molecule has 5 heteroatoms. The van der Waals surface area contributed by atoms with Crippen molar-refractivity contribution < 1.29 is 18.7 Å². The van der Waals surface area contributed by atoms with Crippen molar-refractivity contribution >= 4 is 5.91 Å². The summed E-state index contributed by atoms with van der Waals surface area (Å²) < 4.78 is 25.9. The maximum Gasteiger partial charge on any atom is 0.248 e. The molecule has 0 aromatic carbocycles. The summed E-state index contributed by atoms with van der Waals surface area (Å²) in [5, 5.41) is 12.4. The number of nitrogens with one attached hydrogen (secondary N) is 1. The predicted octanol–water partition coefficient (Wildman–Crippen LogP) is 2.73. The number of rotatable bonds is 4. The van der Waals surface area contributed by atoms with Gasteiger partial charge >= 0.3 is 0 Å². The van der Waals surface area contributed by atoms with Crippen LogP contribution in [0.3, 0.4) is 0 Å². The first-order valence-corrected chi connectivity index (χ1v) is 6.93. The van der Waals surface area contributed by atoms with Crippen LogP contribution < -0.4 is 5.32 Å². The molecule has 1 atom stereocenters. The zero-order valence-electron chi connectivity index (χ0n) is 12.0. The molecule has 0 heterocycles. The molecule has 0 bridgehead atoms. The first-order chi connectivity index (χ1) is 8.59. The van der Waals surface area contributed by atoms with E-state index in [2.05, 4.69) is 5.32 Å². The van der Waals surface area contributed by atoms with Crippen LogP contribution in [0.15, 0.2) is 0 Å². The van der Waals surface area contributed by atoms with Crippen molar-refractivity contribution in [2.24, 2.45) is 11.3 Å². The quantitative estimate of drug-likeness (QED) is 0.830. The second-order valence-corrected chi connectivity index (χ2v) is 6.79. The Balaban J connectivity index is 2.29. The van der Waals surface area contributed by atoms with Crippen LogP contribution in [-0.2, 0) is 4.79 Å². The van der Waals surface area contributed by atoms with Gasteiger partial charge in [-0.3, -0.25) is 4.79 Å². The molecule has 1 aliphatic rings. The molecule has 1 saturated carbocycles. The molecule has 112 valence electrons. The Kier molecular flexibility index (Phi) is 5.30. The Morgan fingerprint density at radius 3 is 2.37 bits per heavy atom. The first-order valence-electron chi connectivity index (χ1n) is 6.93. The van der Waals surface area contributed by atoms with E-state index in [1.54, 1.807) is 0 Å². The Bertz CT molecular complexity index is 303. The molecule has 1 fully saturated rings. The van der Waals surface area contributed by atoms with Crippen LogP contribution in [0.4, 0.5) is 8.78 Å². The van der Waals surface area contributed by atoms with Gasteiger partial charge in [0.25, 0.3) is 0 Å². The maximum atomic E-state index is 13.0. The number of halogens is 2. The number of aliphatic hydroxyl groups is 1. The van der Waals surface area contributed by atoms with Crippen molar-refractivity contribution in [2.75, 3.05) is 6.54 Å². The van der Waals surface area contributed by atoms with Gasteiger partial charge in [-0.2, -0.15) is 0 Å². The van der Waals surface area contributed by atoms with Crippen molar-refractivity contribution in [3.8, 4) is 0 Å². The minimum absolute atomic E-state index is 0.00294. The van der Waals surface area contributed by atoms with E-state index >= 15 is 0 Å². The van der Waals surface area contributed by atoms with Crippen molar-refractivity contribution in [1.82, 2.24) is 5.32 Å². The molecule has 3 nitrogen and oxygen atoms in total. The van der Waals surface area contributed by atoms with Gasteiger partial charge in [0.15, 0.2) is 0 Å². The first kappa shape index (κ1) is 16.3. The van der Waals surface area contributed by atoms with Crippen LogP contribution in [0.2, 0.25) is 0 Å². The third-order valence-electron chi connectivity index (χ3n) is 3.45. The molecule has 1 amide bonds. The van der Waals surface area contributed by atoms with Gasteiger partial charge < -0.3 is 10.4 Å². The lowest BCUT2D eigenvalue weighted by Gasteiger charge is -2.28. The highest BCUT2D eigenvalue weighted by molar-refractivity contribution is 5.78. The van der Waals surface area contributed by atoms with Crippen LogP contribution >= 0.6 is 0 Å². The molecule has 1 unspecified atom stereocenters. The van der Waals surface area contributed by atoms with Gasteiger partial charge in [0.1, 0.15) is 0 Å². The summed E-state index contributed by atoms with van der Waals surface area (Å²) in [7, 11) is 0. The summed E-state index contributed by atoms with van der Waals surface area (Å²) in [5.41, 5.74) is -0.00294. The lowest BCUT2D eigenvalue weighted by Crippen LogP contribution is -2.40. The van der Waals surface area contributed by atoms with E-state index in [0.29, 0.717) is 6.42 Å². The van der Waals surface area contributed by atoms with Gasteiger partial charge in [-0.1, -0.05) is 20.8 Å². The lowest BCUT2D eigenvalue weighted by molar-refractivity contribution is -0.129. The number of hydrogen-bond donors (Lipinski definition) is 2. The molecule has 1 rings (SSSR count). The highest BCUT2D eigenvalue weighted by Crippen LogP contribution is 2.36. The smallest absolute Gasteiger partial charge is 0.248 e. The van der Waals surface area contributed by atoms with Crippen molar-refractivity contribution in [1.29, 1.82) is 0 Å². The predicted molar refractivity (Wildman–Crippen MR) is 70.0 cm³/mol. The van der Waals surface area contributed by atoms with E-state index in [0.717, 1.165) is 0 Å². The standard InChI is InChI=1S/C14H25F2NO2/c1-13(2,3)8-11(18)9-17-12(19)10-4-6-14(15,16)7-5-10/h10-11,18H,4-9H2,1-3H3,(H,17,19). The highest BCUT2D eigenvalue weighted by atomic mass is 19.3. The van der Waals surface area contributed by atoms with E-state index in [9.17, 15) is 18.7 Å². The van der Waals surface area contributed by atoms with Gasteiger partial charge in [-0.25, -0.2) is 8.78 Å². The molecular weight excluding hydrogens is 252 g/mol. The molecule has 0 spiro atoms. The topological polar surface area (TPSA) is 49.3 Å². The molecule has 0 saturated heterocycles. The maximum absolute atomic E-state index is 13.0. The van der Waals surface area contributed by atoms with E-state index in [-0.39, 0.29) is 49.5 Å². The molecular formula is C14H25F2NO2. The van der Waals surface area contributed by atoms with Crippen molar-refractivity contribution in [2.45, 2.75) is 64.9 Å². The minimum Gasteiger partial charge on any atom is -0.391 e. The number of carbonyl (C=O) groups is 1. The number of aliphatic hydroxyl groups excluding tert-OH is 1. The summed E-state index contributed by atoms with van der Waals surface area (Å²) in [6.45, 7) is 6.24. The average Bonchev–Trinajstić information content (AvgIpc) is 2.23. The fraction of sp³-hybridized carbons (Fsp3) is 0.929. The van der Waals surface area contributed by atoms with Gasteiger partial charge in [0.2, 0.25) is 11.8 Å². The SMILES string of the molecule is CC(C)(C)CC(O)CNC(=O)C1CCC(F)(F)CC1. The summed E-state index contributed by atoms with van der Waals surface area (Å²) >= 11 is 0. The zero-order valence-corrected chi connectivity index (χ0v) is 12.0. The Labute approximate surface area is 113 Å². The molecule has 0 aliphatic heterocycles. The van der Waals surface area contributed by atoms with Gasteiger partial charge in [0.05, 0.1) is 6.10 Å². The number of hydrogen-bond acceptors (Lipinski definition) is 2. The van der Waals surface area contributed by atoms with Crippen molar-refractivity contribution in [3.63, 3.8) is 0 Å². The molecule has 2 N–H and O–H groups in total. The molecule has 19 heavy (non-hydrogen) atoms. The Morgan fingerprint density at radius 2 is 1.89 bits per heavy atom. The van der Waals surface area contributed by atoms with E-state index in [1.807, 2.05) is 20.8 Å². The third kappa shape index (κ3) is 6.32. The van der Waals surface area contributed by atoms with Crippen LogP contribution in [0.25, 0.3) is 0 Å². The lowest BCUT2D eigenvalue weighted by atomic mass is 9.86. The van der Waals surface area contributed by atoms with Crippen LogP contribution in [0, 0.1) is 11.3 Å². The molecule has 1 aliphatic carbocycles. The summed E-state index contributed by atoms with van der Waals surface area (Å²) in [6, 6.07) is 0. The monoisotopic (exact) mass is 277 g/mol. The van der Waals surface area contributed by atoms with Gasteiger partial charge in [-0.15, -0.1) is 0 Å². The molecule has 0 aromatic rings. The fourth-order valence-corrected chi connectivity index (χ4v) is 2.44. The van der Waals surface area contributed by atoms with Crippen LogP contribution in [-0.4, -0.2) is 29.6 Å². The Morgan fingerprint density at radius 1 is 1.37 bits per heavy atom. The second kappa shape index (κ2) is 6.16. The largest absolute Gasteiger partial charge is 0.391 e. The van der Waals surface area contributed by atoms with Crippen molar-refractivity contribution in [3.05, 3.63) is 0 Å². The van der Waals surface area contributed by atoms with Gasteiger partial charge in [0, 0.05) is 25.3 Å². The Hall–Kier alpha value is -0.710. The zero-order chi connectivity index (χ0) is 14.7. The number of alkyl halides is 2. The molecule has 0 radical (unpaired) electrons. The second-order valence-electron chi connectivity index (χ2n) is 6.79. The summed E-state index contributed by atoms with van der Waals surface area (Å²) in [6.07, 6.45) is 0.0397. The average molecular weight is 277 g/mol. The highest BCUT2D eigenvalue weighted by Gasteiger charge is 2.37. The van der Waals surface area contributed by atoms with Gasteiger partial charge in [-0.05, 0) is 24.7 Å².